The molecule has 156 valence electrons. The normalized spacial score (nSPS) is 14.9. The molecule has 0 bridgehead atoms. The second kappa shape index (κ2) is 9.53. The SMILES string of the molecule is Cc1ccc(OCCN2C(=O)S/C(=C\c3cccc(Oc4ccccc4)c3)C2=O)cc1. The monoisotopic (exact) mass is 431 g/mol. The summed E-state index contributed by atoms with van der Waals surface area (Å²) in [6, 6.07) is 24.5. The van der Waals surface area contributed by atoms with Crippen molar-refractivity contribution in [1.82, 2.24) is 4.90 Å². The molecule has 5 nitrogen and oxygen atoms in total. The van der Waals surface area contributed by atoms with Crippen molar-refractivity contribution < 1.29 is 19.1 Å². The summed E-state index contributed by atoms with van der Waals surface area (Å²) in [5.41, 5.74) is 1.93. The van der Waals surface area contributed by atoms with Crippen molar-refractivity contribution in [2.75, 3.05) is 13.2 Å². The van der Waals surface area contributed by atoms with E-state index in [2.05, 4.69) is 0 Å². The number of carbonyl (C=O) groups excluding carboxylic acids is 2. The Kier molecular flexibility index (Phi) is 6.38. The summed E-state index contributed by atoms with van der Waals surface area (Å²) in [5.74, 6) is 1.79. The van der Waals surface area contributed by atoms with Gasteiger partial charge in [0.1, 0.15) is 23.9 Å². The van der Waals surface area contributed by atoms with Gasteiger partial charge in [-0.25, -0.2) is 0 Å². The van der Waals surface area contributed by atoms with Crippen LogP contribution in [-0.4, -0.2) is 29.2 Å². The molecule has 6 heteroatoms. The minimum Gasteiger partial charge on any atom is -0.492 e. The van der Waals surface area contributed by atoms with Gasteiger partial charge in [-0.15, -0.1) is 0 Å². The number of nitrogens with zero attached hydrogens (tertiary/aromatic N) is 1. The fraction of sp³-hybridized carbons (Fsp3) is 0.120. The maximum absolute atomic E-state index is 12.7. The van der Waals surface area contributed by atoms with Crippen LogP contribution in [0.5, 0.6) is 17.2 Å². The topological polar surface area (TPSA) is 55.8 Å². The summed E-state index contributed by atoms with van der Waals surface area (Å²) in [7, 11) is 0. The van der Waals surface area contributed by atoms with Gasteiger partial charge in [0.05, 0.1) is 11.4 Å². The van der Waals surface area contributed by atoms with Crippen molar-refractivity contribution in [2.24, 2.45) is 0 Å². The molecule has 0 aromatic heterocycles. The van der Waals surface area contributed by atoms with Crippen LogP contribution in [0.1, 0.15) is 11.1 Å². The number of ether oxygens (including phenoxy) is 2. The van der Waals surface area contributed by atoms with Gasteiger partial charge >= 0.3 is 0 Å². The molecule has 0 radical (unpaired) electrons. The lowest BCUT2D eigenvalue weighted by atomic mass is 10.2. The summed E-state index contributed by atoms with van der Waals surface area (Å²) in [5, 5.41) is -0.291. The molecule has 4 rings (SSSR count). The molecule has 1 fully saturated rings. The van der Waals surface area contributed by atoms with Gasteiger partial charge in [0.2, 0.25) is 0 Å². The van der Waals surface area contributed by atoms with Crippen molar-refractivity contribution in [3.8, 4) is 17.2 Å². The predicted octanol–water partition coefficient (Wildman–Crippen LogP) is 5.90. The molecule has 3 aromatic rings. The van der Waals surface area contributed by atoms with Crippen molar-refractivity contribution in [3.05, 3.63) is 94.9 Å². The number of amides is 2. The smallest absolute Gasteiger partial charge is 0.293 e. The van der Waals surface area contributed by atoms with Gasteiger partial charge < -0.3 is 9.47 Å². The van der Waals surface area contributed by atoms with Crippen LogP contribution >= 0.6 is 11.8 Å². The Labute approximate surface area is 185 Å². The van der Waals surface area contributed by atoms with E-state index in [4.69, 9.17) is 9.47 Å². The average Bonchev–Trinajstić information content (AvgIpc) is 3.03. The van der Waals surface area contributed by atoms with E-state index in [-0.39, 0.29) is 24.3 Å². The zero-order valence-electron chi connectivity index (χ0n) is 17.0. The molecular weight excluding hydrogens is 410 g/mol. The van der Waals surface area contributed by atoms with Crippen molar-refractivity contribution in [2.45, 2.75) is 6.92 Å². The third-order valence-corrected chi connectivity index (χ3v) is 5.52. The second-order valence-electron chi connectivity index (χ2n) is 6.98. The minimum absolute atomic E-state index is 0.201. The number of benzene rings is 3. The van der Waals surface area contributed by atoms with Crippen LogP contribution in [0.4, 0.5) is 4.79 Å². The number of para-hydroxylation sites is 1. The highest BCUT2D eigenvalue weighted by Crippen LogP contribution is 2.33. The van der Waals surface area contributed by atoms with Crippen LogP contribution in [-0.2, 0) is 4.79 Å². The van der Waals surface area contributed by atoms with Gasteiger partial charge in [0.15, 0.2) is 0 Å². The molecule has 0 atom stereocenters. The number of hydrogen-bond donors (Lipinski definition) is 0. The minimum atomic E-state index is -0.308. The number of thioether (sulfide) groups is 1. The first-order valence-corrected chi connectivity index (χ1v) is 10.7. The first kappa shape index (κ1) is 20.8. The van der Waals surface area contributed by atoms with Crippen molar-refractivity contribution in [3.63, 3.8) is 0 Å². The molecule has 0 aliphatic carbocycles. The van der Waals surface area contributed by atoms with Crippen molar-refractivity contribution >= 4 is 29.0 Å². The van der Waals surface area contributed by atoms with E-state index < -0.39 is 0 Å². The van der Waals surface area contributed by atoms with Crippen LogP contribution in [0.2, 0.25) is 0 Å². The highest BCUT2D eigenvalue weighted by molar-refractivity contribution is 8.18. The van der Waals surface area contributed by atoms with E-state index in [1.165, 1.54) is 4.90 Å². The van der Waals surface area contributed by atoms with E-state index in [1.54, 1.807) is 6.08 Å². The predicted molar refractivity (Wildman–Crippen MR) is 122 cm³/mol. The maximum Gasteiger partial charge on any atom is 0.293 e. The number of hydrogen-bond acceptors (Lipinski definition) is 5. The van der Waals surface area contributed by atoms with E-state index in [1.807, 2.05) is 85.8 Å². The lowest BCUT2D eigenvalue weighted by Crippen LogP contribution is -2.32. The Hall–Kier alpha value is -3.51. The Morgan fingerprint density at radius 2 is 1.61 bits per heavy atom. The lowest BCUT2D eigenvalue weighted by Gasteiger charge is -2.13. The molecule has 1 heterocycles. The van der Waals surface area contributed by atoms with Crippen LogP contribution in [0, 0.1) is 6.92 Å². The van der Waals surface area contributed by atoms with E-state index in [0.29, 0.717) is 16.4 Å². The maximum atomic E-state index is 12.7. The van der Waals surface area contributed by atoms with E-state index in [0.717, 1.165) is 28.6 Å². The molecule has 1 aliphatic rings. The van der Waals surface area contributed by atoms with Crippen molar-refractivity contribution in [1.29, 1.82) is 0 Å². The van der Waals surface area contributed by atoms with Crippen LogP contribution < -0.4 is 9.47 Å². The Morgan fingerprint density at radius 3 is 2.39 bits per heavy atom. The molecule has 2 amide bonds. The van der Waals surface area contributed by atoms with Gasteiger partial charge in [-0.05, 0) is 66.7 Å². The van der Waals surface area contributed by atoms with Gasteiger partial charge in [-0.3, -0.25) is 14.5 Å². The first-order chi connectivity index (χ1) is 15.1. The fourth-order valence-electron chi connectivity index (χ4n) is 3.03. The Bertz CT molecular complexity index is 1110. The van der Waals surface area contributed by atoms with Gasteiger partial charge in [-0.1, -0.05) is 48.0 Å². The highest BCUT2D eigenvalue weighted by Gasteiger charge is 2.34. The molecule has 0 N–H and O–H groups in total. The second-order valence-corrected chi connectivity index (χ2v) is 7.98. The molecule has 1 aliphatic heterocycles. The zero-order chi connectivity index (χ0) is 21.6. The average molecular weight is 432 g/mol. The van der Waals surface area contributed by atoms with Crippen LogP contribution in [0.25, 0.3) is 6.08 Å². The first-order valence-electron chi connectivity index (χ1n) is 9.86. The summed E-state index contributed by atoms with van der Waals surface area (Å²) >= 11 is 0.937. The van der Waals surface area contributed by atoms with Gasteiger partial charge in [0, 0.05) is 0 Å². The molecule has 0 spiro atoms. The van der Waals surface area contributed by atoms with Gasteiger partial charge in [0.25, 0.3) is 11.1 Å². The Morgan fingerprint density at radius 1 is 0.871 bits per heavy atom. The lowest BCUT2D eigenvalue weighted by molar-refractivity contribution is -0.123. The molecule has 0 saturated carbocycles. The summed E-state index contributed by atoms with van der Waals surface area (Å²) < 4.78 is 11.5. The van der Waals surface area contributed by atoms with Crippen LogP contribution in [0.15, 0.2) is 83.8 Å². The number of aryl methyl sites for hydroxylation is 1. The molecule has 1 saturated heterocycles. The summed E-state index contributed by atoms with van der Waals surface area (Å²) in [6.07, 6.45) is 1.71. The molecular formula is C25H21NO4S. The largest absolute Gasteiger partial charge is 0.492 e. The van der Waals surface area contributed by atoms with E-state index >= 15 is 0 Å². The number of carbonyl (C=O) groups is 2. The van der Waals surface area contributed by atoms with E-state index in [9.17, 15) is 9.59 Å². The quantitative estimate of drug-likeness (QED) is 0.436. The summed E-state index contributed by atoms with van der Waals surface area (Å²) in [6.45, 7) is 2.45. The number of imide groups is 1. The molecule has 31 heavy (non-hydrogen) atoms. The molecule has 0 unspecified atom stereocenters. The Balaban J connectivity index is 1.39. The third-order valence-electron chi connectivity index (χ3n) is 4.61. The summed E-state index contributed by atoms with van der Waals surface area (Å²) in [4.78, 5) is 26.6. The highest BCUT2D eigenvalue weighted by atomic mass is 32.2. The fourth-order valence-corrected chi connectivity index (χ4v) is 3.89. The standard InChI is InChI=1S/C25H21NO4S/c1-18-10-12-20(13-11-18)29-15-14-26-24(27)23(31-25(26)28)17-19-6-5-9-22(16-19)30-21-7-3-2-4-8-21/h2-13,16-17H,14-15H2,1H3/b23-17-. The van der Waals surface area contributed by atoms with Gasteiger partial charge in [-0.2, -0.15) is 0 Å². The molecule has 3 aromatic carbocycles. The third kappa shape index (κ3) is 5.35. The zero-order valence-corrected chi connectivity index (χ0v) is 17.8. The number of rotatable bonds is 7. The van der Waals surface area contributed by atoms with Crippen LogP contribution in [0.3, 0.4) is 0 Å².